The van der Waals surface area contributed by atoms with E-state index < -0.39 is 16.6 Å². The van der Waals surface area contributed by atoms with Crippen LogP contribution in [0.25, 0.3) is 0 Å². The summed E-state index contributed by atoms with van der Waals surface area (Å²) in [4.78, 5) is 11.7. The SMILES string of the molecule is CCCCC(CCCCCCC(=O)O[Si](C)(C)C)O[Si](C)(C)C. The maximum absolute atomic E-state index is 11.7. The van der Waals surface area contributed by atoms with Crippen LogP contribution in [0, 0.1) is 0 Å². The Morgan fingerprint density at radius 3 is 1.91 bits per heavy atom. The van der Waals surface area contributed by atoms with Crippen molar-refractivity contribution in [3.63, 3.8) is 0 Å². The first-order chi connectivity index (χ1) is 10.5. The Balaban J connectivity index is 3.83. The normalized spacial score (nSPS) is 13.9. The highest BCUT2D eigenvalue weighted by molar-refractivity contribution is 6.71. The lowest BCUT2D eigenvalue weighted by atomic mass is 10.0. The van der Waals surface area contributed by atoms with E-state index in [1.54, 1.807) is 0 Å². The Morgan fingerprint density at radius 1 is 0.826 bits per heavy atom. The van der Waals surface area contributed by atoms with E-state index in [2.05, 4.69) is 46.2 Å². The minimum absolute atomic E-state index is 0.00736. The molecule has 0 aromatic carbocycles. The van der Waals surface area contributed by atoms with E-state index >= 15 is 0 Å². The number of hydrogen-bond acceptors (Lipinski definition) is 3. The lowest BCUT2D eigenvalue weighted by molar-refractivity contribution is -0.135. The molecular weight excluding hydrogens is 320 g/mol. The summed E-state index contributed by atoms with van der Waals surface area (Å²) in [6.07, 6.45) is 10.4. The quantitative estimate of drug-likeness (QED) is 0.293. The summed E-state index contributed by atoms with van der Waals surface area (Å²) in [5, 5.41) is 0. The van der Waals surface area contributed by atoms with Crippen LogP contribution in [-0.2, 0) is 13.6 Å². The first-order valence-electron chi connectivity index (χ1n) is 9.43. The summed E-state index contributed by atoms with van der Waals surface area (Å²) in [5.41, 5.74) is 0. The zero-order valence-electron chi connectivity index (χ0n) is 16.7. The maximum atomic E-state index is 11.7. The summed E-state index contributed by atoms with van der Waals surface area (Å²) in [5.74, 6) is -0.00736. The fraction of sp³-hybridized carbons (Fsp3) is 0.944. The van der Waals surface area contributed by atoms with Crippen LogP contribution < -0.4 is 0 Å². The van der Waals surface area contributed by atoms with Gasteiger partial charge < -0.3 is 8.85 Å². The molecule has 0 amide bonds. The van der Waals surface area contributed by atoms with Gasteiger partial charge in [0, 0.05) is 12.5 Å². The number of hydrogen-bond donors (Lipinski definition) is 0. The number of rotatable bonds is 13. The number of carbonyl (C=O) groups is 1. The van der Waals surface area contributed by atoms with Crippen LogP contribution in [0.2, 0.25) is 39.3 Å². The third-order valence-electron chi connectivity index (χ3n) is 3.48. The summed E-state index contributed by atoms with van der Waals surface area (Å²) in [6.45, 7) is 15.2. The fourth-order valence-corrected chi connectivity index (χ4v) is 4.60. The second-order valence-corrected chi connectivity index (χ2v) is 17.4. The van der Waals surface area contributed by atoms with Gasteiger partial charge in [0.2, 0.25) is 8.32 Å². The monoisotopic (exact) mass is 360 g/mol. The van der Waals surface area contributed by atoms with Crippen molar-refractivity contribution >= 4 is 22.6 Å². The Hall–Kier alpha value is -0.136. The fourth-order valence-electron chi connectivity index (χ4n) is 2.58. The van der Waals surface area contributed by atoms with Gasteiger partial charge in [-0.1, -0.05) is 39.0 Å². The third-order valence-corrected chi connectivity index (χ3v) is 5.36. The molecule has 0 rings (SSSR count). The molecule has 0 saturated heterocycles. The molecular formula is C18H40O3Si2. The summed E-state index contributed by atoms with van der Waals surface area (Å²) >= 11 is 0. The molecule has 0 fully saturated rings. The van der Waals surface area contributed by atoms with Crippen molar-refractivity contribution in [1.82, 2.24) is 0 Å². The van der Waals surface area contributed by atoms with Gasteiger partial charge in [0.15, 0.2) is 8.32 Å². The molecule has 0 aromatic rings. The van der Waals surface area contributed by atoms with Crippen LogP contribution in [0.3, 0.4) is 0 Å². The minimum atomic E-state index is -1.71. The highest BCUT2D eigenvalue weighted by atomic mass is 28.4. The molecule has 0 spiro atoms. The Kier molecular flexibility index (Phi) is 11.4. The van der Waals surface area contributed by atoms with Crippen molar-refractivity contribution in [2.75, 3.05) is 0 Å². The van der Waals surface area contributed by atoms with Crippen LogP contribution in [0.5, 0.6) is 0 Å². The van der Waals surface area contributed by atoms with Gasteiger partial charge in [0.25, 0.3) is 5.97 Å². The lowest BCUT2D eigenvalue weighted by Crippen LogP contribution is -2.32. The first kappa shape index (κ1) is 22.9. The van der Waals surface area contributed by atoms with E-state index in [-0.39, 0.29) is 5.97 Å². The van der Waals surface area contributed by atoms with E-state index in [1.165, 1.54) is 38.5 Å². The van der Waals surface area contributed by atoms with E-state index in [0.717, 1.165) is 12.8 Å². The maximum Gasteiger partial charge on any atom is 0.292 e. The molecule has 23 heavy (non-hydrogen) atoms. The van der Waals surface area contributed by atoms with Crippen LogP contribution >= 0.6 is 0 Å². The van der Waals surface area contributed by atoms with Crippen LogP contribution in [0.4, 0.5) is 0 Å². The van der Waals surface area contributed by atoms with Gasteiger partial charge in [-0.2, -0.15) is 0 Å². The van der Waals surface area contributed by atoms with Crippen molar-refractivity contribution in [2.45, 2.75) is 110 Å². The zero-order chi connectivity index (χ0) is 17.9. The van der Waals surface area contributed by atoms with Crippen molar-refractivity contribution in [2.24, 2.45) is 0 Å². The topological polar surface area (TPSA) is 35.5 Å². The third kappa shape index (κ3) is 16.5. The molecule has 0 radical (unpaired) electrons. The molecule has 0 aliphatic rings. The van der Waals surface area contributed by atoms with E-state index in [4.69, 9.17) is 8.85 Å². The number of carbonyl (C=O) groups excluding carboxylic acids is 1. The van der Waals surface area contributed by atoms with Gasteiger partial charge in [-0.25, -0.2) is 0 Å². The van der Waals surface area contributed by atoms with Gasteiger partial charge >= 0.3 is 0 Å². The molecule has 0 aliphatic heterocycles. The van der Waals surface area contributed by atoms with Crippen molar-refractivity contribution < 1.29 is 13.6 Å². The van der Waals surface area contributed by atoms with Crippen molar-refractivity contribution in [1.29, 1.82) is 0 Å². The molecule has 1 unspecified atom stereocenters. The highest BCUT2D eigenvalue weighted by Crippen LogP contribution is 2.19. The standard InChI is InChI=1S/C18H40O3Si2/c1-8-9-14-17(20-22(2,3)4)15-12-10-11-13-16-18(19)21-23(5,6)7/h17H,8-16H2,1-7H3. The smallest absolute Gasteiger partial charge is 0.292 e. The summed E-state index contributed by atoms with van der Waals surface area (Å²) in [6, 6.07) is 0. The number of unbranched alkanes of at least 4 members (excludes halogenated alkanes) is 4. The summed E-state index contributed by atoms with van der Waals surface area (Å²) < 4.78 is 11.8. The predicted octanol–water partition coefficient (Wildman–Crippen LogP) is 6.12. The zero-order valence-corrected chi connectivity index (χ0v) is 18.7. The first-order valence-corrected chi connectivity index (χ1v) is 16.2. The molecule has 3 nitrogen and oxygen atoms in total. The van der Waals surface area contributed by atoms with Gasteiger partial charge in [0.1, 0.15) is 0 Å². The average Bonchev–Trinajstić information content (AvgIpc) is 2.35. The molecule has 1 atom stereocenters. The van der Waals surface area contributed by atoms with Crippen LogP contribution in [0.1, 0.15) is 64.7 Å². The molecule has 138 valence electrons. The van der Waals surface area contributed by atoms with Crippen LogP contribution in [-0.4, -0.2) is 28.7 Å². The van der Waals surface area contributed by atoms with E-state index in [1.807, 2.05) is 0 Å². The van der Waals surface area contributed by atoms with E-state index in [9.17, 15) is 4.79 Å². The molecule has 0 bridgehead atoms. The molecule has 0 aliphatic carbocycles. The van der Waals surface area contributed by atoms with Crippen LogP contribution in [0.15, 0.2) is 0 Å². The second-order valence-electron chi connectivity index (χ2n) is 8.53. The Bertz CT molecular complexity index is 319. The van der Waals surface area contributed by atoms with Gasteiger partial charge in [-0.05, 0) is 58.5 Å². The second kappa shape index (κ2) is 11.4. The average molecular weight is 361 g/mol. The van der Waals surface area contributed by atoms with Gasteiger partial charge in [-0.3, -0.25) is 4.79 Å². The summed E-state index contributed by atoms with van der Waals surface area (Å²) in [7, 11) is -3.15. The molecule has 0 heterocycles. The van der Waals surface area contributed by atoms with Gasteiger partial charge in [-0.15, -0.1) is 0 Å². The Labute approximate surface area is 146 Å². The van der Waals surface area contributed by atoms with Crippen molar-refractivity contribution in [3.05, 3.63) is 0 Å². The molecule has 0 aromatic heterocycles. The predicted molar refractivity (Wildman–Crippen MR) is 105 cm³/mol. The largest absolute Gasteiger partial charge is 0.520 e. The molecule has 5 heteroatoms. The molecule has 0 saturated carbocycles. The van der Waals surface area contributed by atoms with Gasteiger partial charge in [0.05, 0.1) is 0 Å². The highest BCUT2D eigenvalue weighted by Gasteiger charge is 2.21. The Morgan fingerprint density at radius 2 is 1.39 bits per heavy atom. The van der Waals surface area contributed by atoms with Crippen molar-refractivity contribution in [3.8, 4) is 0 Å². The minimum Gasteiger partial charge on any atom is -0.520 e. The van der Waals surface area contributed by atoms with E-state index in [0.29, 0.717) is 12.5 Å². The lowest BCUT2D eigenvalue weighted by Gasteiger charge is -2.26. The molecule has 0 N–H and O–H groups in total.